The van der Waals surface area contributed by atoms with Crippen LogP contribution in [-0.4, -0.2) is 24.6 Å². The highest BCUT2D eigenvalue weighted by molar-refractivity contribution is 7.89. The van der Waals surface area contributed by atoms with Gasteiger partial charge >= 0.3 is 12.2 Å². The van der Waals surface area contributed by atoms with Gasteiger partial charge < -0.3 is 10.6 Å². The molecule has 0 unspecified atom stereocenters. The van der Waals surface area contributed by atoms with Crippen LogP contribution in [-0.2, 0) is 16.2 Å². The molecule has 14 heteroatoms. The Balaban J connectivity index is 1.60. The molecule has 0 radical (unpaired) electrons. The first-order valence-corrected chi connectivity index (χ1v) is 11.9. The normalized spacial score (nSPS) is 11.7. The van der Waals surface area contributed by atoms with Crippen LogP contribution < -0.4 is 20.7 Å². The summed E-state index contributed by atoms with van der Waals surface area (Å²) in [5.41, 5.74) is -0.514. The lowest BCUT2D eigenvalue weighted by Crippen LogP contribution is -2.21. The molecule has 0 aliphatic carbocycles. The molecule has 4 rings (SSSR count). The summed E-state index contributed by atoms with van der Waals surface area (Å²) in [5, 5.41) is 16.4. The third-order valence-electron chi connectivity index (χ3n) is 5.05. The lowest BCUT2D eigenvalue weighted by molar-refractivity contribution is -0.137. The Morgan fingerprint density at radius 2 is 1.68 bits per heavy atom. The molecule has 0 aliphatic rings. The molecule has 0 fully saturated rings. The zero-order valence-corrected chi connectivity index (χ0v) is 19.4. The van der Waals surface area contributed by atoms with Gasteiger partial charge in [0.1, 0.15) is 11.6 Å². The molecule has 37 heavy (non-hydrogen) atoms. The highest BCUT2D eigenvalue weighted by atomic mass is 32.2. The number of aromatic amines is 1. The van der Waals surface area contributed by atoms with E-state index in [9.17, 15) is 30.8 Å². The van der Waals surface area contributed by atoms with Crippen molar-refractivity contribution in [2.75, 3.05) is 15.5 Å². The highest BCUT2D eigenvalue weighted by Gasteiger charge is 2.31. The van der Waals surface area contributed by atoms with Gasteiger partial charge in [0.2, 0.25) is 10.0 Å². The number of halogens is 4. The Morgan fingerprint density at radius 3 is 2.30 bits per heavy atom. The summed E-state index contributed by atoms with van der Waals surface area (Å²) in [4.78, 5) is 14.0. The molecule has 192 valence electrons. The molecule has 5 N–H and O–H groups in total. The first-order chi connectivity index (χ1) is 17.4. The van der Waals surface area contributed by atoms with Crippen molar-refractivity contribution >= 4 is 44.6 Å². The van der Waals surface area contributed by atoms with E-state index >= 15 is 0 Å². The minimum Gasteiger partial charge on any atom is -0.308 e. The van der Waals surface area contributed by atoms with E-state index in [0.29, 0.717) is 35.4 Å². The number of benzene rings is 3. The number of primary sulfonamides is 1. The van der Waals surface area contributed by atoms with Crippen molar-refractivity contribution in [3.8, 4) is 0 Å². The Kier molecular flexibility index (Phi) is 6.87. The SMILES string of the molecule is NS(=O)(=O)c1ccc(N(c2cccc(NC(=O)Nc3cc(C(F)(F)F)ccc3F)c2)c2ccn[nH]2)cc1. The molecule has 4 aromatic rings. The average molecular weight is 534 g/mol. The van der Waals surface area contributed by atoms with E-state index in [0.717, 1.165) is 0 Å². The van der Waals surface area contributed by atoms with Crippen LogP contribution in [0.25, 0.3) is 0 Å². The monoisotopic (exact) mass is 534 g/mol. The second kappa shape index (κ2) is 9.91. The van der Waals surface area contributed by atoms with Gasteiger partial charge in [-0.3, -0.25) is 10.00 Å². The van der Waals surface area contributed by atoms with Crippen molar-refractivity contribution in [2.24, 2.45) is 5.14 Å². The lowest BCUT2D eigenvalue weighted by Gasteiger charge is -2.24. The van der Waals surface area contributed by atoms with Crippen molar-refractivity contribution in [3.05, 3.63) is 90.4 Å². The summed E-state index contributed by atoms with van der Waals surface area (Å²) in [6.07, 6.45) is -3.21. The molecule has 1 aromatic heterocycles. The molecular weight excluding hydrogens is 516 g/mol. The topological polar surface area (TPSA) is 133 Å². The average Bonchev–Trinajstić information content (AvgIpc) is 3.34. The van der Waals surface area contributed by atoms with Crippen LogP contribution in [0.15, 0.2) is 83.9 Å². The van der Waals surface area contributed by atoms with Crippen LogP contribution in [0, 0.1) is 5.82 Å². The maximum atomic E-state index is 14.0. The second-order valence-electron chi connectivity index (χ2n) is 7.64. The standard InChI is InChI=1S/C23H18F4N6O3S/c24-19-9-4-14(23(25,26)27)12-20(19)31-22(34)30-15-2-1-3-17(13-15)33(21-10-11-29-32-21)16-5-7-18(8-6-16)37(28,35)36/h1-13H,(H,29,32)(H2,28,35,36)(H2,30,31,34). The number of nitrogens with two attached hydrogens (primary N) is 1. The third kappa shape index (κ3) is 6.05. The first-order valence-electron chi connectivity index (χ1n) is 10.4. The van der Waals surface area contributed by atoms with E-state index in [1.54, 1.807) is 23.1 Å². The number of aromatic nitrogens is 2. The number of urea groups is 1. The van der Waals surface area contributed by atoms with E-state index in [-0.39, 0.29) is 10.6 Å². The predicted octanol–water partition coefficient (Wildman–Crippen LogP) is 5.33. The molecule has 9 nitrogen and oxygen atoms in total. The molecular formula is C23H18F4N6O3S. The Bertz CT molecular complexity index is 1530. The third-order valence-corrected chi connectivity index (χ3v) is 5.98. The van der Waals surface area contributed by atoms with Gasteiger partial charge in [-0.2, -0.15) is 18.3 Å². The smallest absolute Gasteiger partial charge is 0.308 e. The fourth-order valence-corrected chi connectivity index (χ4v) is 3.91. The number of carbonyl (C=O) groups is 1. The quantitative estimate of drug-likeness (QED) is 0.248. The van der Waals surface area contributed by atoms with E-state index in [2.05, 4.69) is 20.8 Å². The number of hydrogen-bond acceptors (Lipinski definition) is 5. The molecule has 1 heterocycles. The number of nitrogens with one attached hydrogen (secondary N) is 3. The summed E-state index contributed by atoms with van der Waals surface area (Å²) in [6, 6.07) is 14.4. The largest absolute Gasteiger partial charge is 0.416 e. The first kappa shape index (κ1) is 25.7. The molecule has 0 aliphatic heterocycles. The van der Waals surface area contributed by atoms with E-state index < -0.39 is 39.3 Å². The molecule has 3 aromatic carbocycles. The van der Waals surface area contributed by atoms with Crippen LogP contribution >= 0.6 is 0 Å². The molecule has 0 spiro atoms. The Hall–Kier alpha value is -4.43. The van der Waals surface area contributed by atoms with Crippen molar-refractivity contribution < 1.29 is 30.8 Å². The number of rotatable bonds is 6. The number of H-pyrrole nitrogens is 1. The van der Waals surface area contributed by atoms with Gasteiger partial charge in [0.15, 0.2) is 0 Å². The number of amides is 2. The number of nitrogens with zero attached hydrogens (tertiary/aromatic N) is 2. The summed E-state index contributed by atoms with van der Waals surface area (Å²) >= 11 is 0. The van der Waals surface area contributed by atoms with E-state index in [1.807, 2.05) is 0 Å². The van der Waals surface area contributed by atoms with Crippen molar-refractivity contribution in [1.82, 2.24) is 10.2 Å². The maximum absolute atomic E-state index is 14.0. The van der Waals surface area contributed by atoms with Gasteiger partial charge in [0.25, 0.3) is 0 Å². The van der Waals surface area contributed by atoms with Crippen LogP contribution in [0.3, 0.4) is 0 Å². The predicted molar refractivity (Wildman–Crippen MR) is 129 cm³/mol. The zero-order chi connectivity index (χ0) is 26.8. The van der Waals surface area contributed by atoms with Gasteiger partial charge in [-0.05, 0) is 60.7 Å². The Labute approximate surface area is 208 Å². The van der Waals surface area contributed by atoms with Crippen LogP contribution in [0.2, 0.25) is 0 Å². The lowest BCUT2D eigenvalue weighted by atomic mass is 10.2. The van der Waals surface area contributed by atoms with Crippen LogP contribution in [0.5, 0.6) is 0 Å². The number of hydrogen-bond donors (Lipinski definition) is 4. The Morgan fingerprint density at radius 1 is 0.946 bits per heavy atom. The molecule has 0 atom stereocenters. The summed E-state index contributed by atoms with van der Waals surface area (Å²) in [6.45, 7) is 0. The zero-order valence-electron chi connectivity index (χ0n) is 18.6. The van der Waals surface area contributed by atoms with E-state index in [4.69, 9.17) is 5.14 Å². The van der Waals surface area contributed by atoms with Crippen LogP contribution in [0.1, 0.15) is 5.56 Å². The summed E-state index contributed by atoms with van der Waals surface area (Å²) in [5.74, 6) is -0.541. The number of sulfonamides is 1. The minimum atomic E-state index is -4.71. The molecule has 0 saturated heterocycles. The highest BCUT2D eigenvalue weighted by Crippen LogP contribution is 2.35. The number of alkyl halides is 3. The number of carbonyl (C=O) groups excluding carboxylic acids is 1. The molecule has 0 saturated carbocycles. The van der Waals surface area contributed by atoms with Gasteiger partial charge in [-0.1, -0.05) is 6.07 Å². The molecule has 2 amide bonds. The fraction of sp³-hybridized carbons (Fsp3) is 0.0435. The van der Waals surface area contributed by atoms with Crippen molar-refractivity contribution in [3.63, 3.8) is 0 Å². The second-order valence-corrected chi connectivity index (χ2v) is 9.20. The minimum absolute atomic E-state index is 0.0882. The summed E-state index contributed by atoms with van der Waals surface area (Å²) < 4.78 is 76.0. The van der Waals surface area contributed by atoms with E-state index in [1.165, 1.54) is 42.6 Å². The van der Waals surface area contributed by atoms with Crippen LogP contribution in [0.4, 0.5) is 50.9 Å². The summed E-state index contributed by atoms with van der Waals surface area (Å²) in [7, 11) is -3.91. The van der Waals surface area contributed by atoms with Crippen molar-refractivity contribution in [2.45, 2.75) is 11.1 Å². The van der Waals surface area contributed by atoms with Crippen molar-refractivity contribution in [1.29, 1.82) is 0 Å². The molecule has 0 bridgehead atoms. The van der Waals surface area contributed by atoms with Gasteiger partial charge in [-0.25, -0.2) is 22.7 Å². The fourth-order valence-electron chi connectivity index (χ4n) is 3.39. The maximum Gasteiger partial charge on any atom is 0.416 e. The van der Waals surface area contributed by atoms with Gasteiger partial charge in [0, 0.05) is 23.1 Å². The van der Waals surface area contributed by atoms with Gasteiger partial charge in [-0.15, -0.1) is 0 Å². The number of anilines is 5. The van der Waals surface area contributed by atoms with Gasteiger partial charge in [0.05, 0.1) is 22.3 Å².